The third-order valence-electron chi connectivity index (χ3n) is 3.16. The molecule has 6 heteroatoms. The lowest BCUT2D eigenvalue weighted by molar-refractivity contribution is 0.288. The van der Waals surface area contributed by atoms with Crippen LogP contribution in [0.25, 0.3) is 0 Å². The van der Waals surface area contributed by atoms with E-state index >= 15 is 0 Å². The van der Waals surface area contributed by atoms with Gasteiger partial charge in [0, 0.05) is 24.9 Å². The monoisotopic (exact) mass is 280 g/mol. The maximum atomic E-state index is 9.05. The van der Waals surface area contributed by atoms with Crippen LogP contribution in [-0.4, -0.2) is 40.3 Å². The highest BCUT2D eigenvalue weighted by molar-refractivity contribution is 6.03. The maximum Gasteiger partial charge on any atom is 0.174 e. The van der Waals surface area contributed by atoms with Crippen LogP contribution >= 0.6 is 0 Å². The van der Waals surface area contributed by atoms with Crippen LogP contribution in [0.15, 0.2) is 11.2 Å². The Balaban J connectivity index is 3.38. The number of nitrogens with two attached hydrogens (primary N) is 1. The normalized spacial score (nSPS) is 12.0. The minimum absolute atomic E-state index is 0.0552. The molecule has 1 rings (SSSR count). The molecule has 0 spiro atoms. The number of aryl methyl sites for hydroxylation is 2. The van der Waals surface area contributed by atoms with Crippen LogP contribution in [0, 0.1) is 13.8 Å². The van der Waals surface area contributed by atoms with Crippen LogP contribution in [0.1, 0.15) is 37.2 Å². The van der Waals surface area contributed by atoms with E-state index in [1.165, 1.54) is 0 Å². The van der Waals surface area contributed by atoms with Crippen molar-refractivity contribution in [3.05, 3.63) is 23.0 Å². The Kier molecular flexibility index (Phi) is 5.76. The second-order valence-corrected chi connectivity index (χ2v) is 5.09. The molecular weight excluding hydrogens is 256 g/mol. The molecule has 0 saturated heterocycles. The summed E-state index contributed by atoms with van der Waals surface area (Å²) in [6.07, 6.45) is 0.661. The number of amidine groups is 1. The van der Waals surface area contributed by atoms with Gasteiger partial charge in [-0.15, -0.1) is 0 Å². The molecule has 0 aliphatic carbocycles. The van der Waals surface area contributed by atoms with Crippen molar-refractivity contribution in [1.82, 2.24) is 4.98 Å². The van der Waals surface area contributed by atoms with Gasteiger partial charge in [0.25, 0.3) is 0 Å². The van der Waals surface area contributed by atoms with Gasteiger partial charge in [-0.3, -0.25) is 4.98 Å². The molecule has 20 heavy (non-hydrogen) atoms. The van der Waals surface area contributed by atoms with E-state index in [1.54, 1.807) is 0 Å². The number of nitrogens with zero attached hydrogens (tertiary/aromatic N) is 3. The van der Waals surface area contributed by atoms with Crippen molar-refractivity contribution >= 4 is 11.5 Å². The average Bonchev–Trinajstić information content (AvgIpc) is 2.37. The minimum atomic E-state index is 0.0552. The zero-order chi connectivity index (χ0) is 15.3. The lowest BCUT2D eigenvalue weighted by atomic mass is 10.1. The van der Waals surface area contributed by atoms with E-state index in [0.29, 0.717) is 18.5 Å². The first kappa shape index (κ1) is 16.2. The van der Waals surface area contributed by atoms with Gasteiger partial charge in [-0.05, 0) is 40.2 Å². The van der Waals surface area contributed by atoms with Crippen molar-refractivity contribution in [1.29, 1.82) is 0 Å². The zero-order valence-corrected chi connectivity index (χ0v) is 12.6. The third kappa shape index (κ3) is 3.60. The number of aliphatic hydroxyl groups excluding tert-OH is 1. The van der Waals surface area contributed by atoms with Gasteiger partial charge in [0.15, 0.2) is 5.84 Å². The molecule has 1 aromatic heterocycles. The number of oxime groups is 1. The molecule has 0 aliphatic heterocycles. The molecule has 0 radical (unpaired) electrons. The minimum Gasteiger partial charge on any atom is -0.409 e. The summed E-state index contributed by atoms with van der Waals surface area (Å²) in [5, 5.41) is 21.1. The van der Waals surface area contributed by atoms with Crippen LogP contribution in [0.2, 0.25) is 0 Å². The number of hydrogen-bond acceptors (Lipinski definition) is 5. The Morgan fingerprint density at radius 2 is 2.10 bits per heavy atom. The number of pyridine rings is 1. The van der Waals surface area contributed by atoms with Gasteiger partial charge in [0.2, 0.25) is 0 Å². The molecule has 1 aromatic rings. The zero-order valence-electron chi connectivity index (χ0n) is 12.6. The van der Waals surface area contributed by atoms with E-state index in [2.05, 4.69) is 28.9 Å². The van der Waals surface area contributed by atoms with E-state index in [1.807, 2.05) is 19.9 Å². The molecule has 1 heterocycles. The van der Waals surface area contributed by atoms with Crippen LogP contribution in [-0.2, 0) is 0 Å². The first-order chi connectivity index (χ1) is 9.42. The Bertz CT molecular complexity index is 486. The van der Waals surface area contributed by atoms with Gasteiger partial charge in [-0.25, -0.2) is 0 Å². The Labute approximate surface area is 119 Å². The highest BCUT2D eigenvalue weighted by atomic mass is 16.4. The first-order valence-corrected chi connectivity index (χ1v) is 6.76. The fourth-order valence-corrected chi connectivity index (χ4v) is 2.30. The summed E-state index contributed by atoms with van der Waals surface area (Å²) >= 11 is 0. The number of anilines is 1. The quantitative estimate of drug-likeness (QED) is 0.317. The third-order valence-corrected chi connectivity index (χ3v) is 3.16. The topological polar surface area (TPSA) is 95.0 Å². The SMILES string of the molecule is Cc1cc(N(CCCO)C(C)C)c(/C(N)=N/O)c(C)n1. The van der Waals surface area contributed by atoms with Gasteiger partial charge in [0.05, 0.1) is 16.9 Å². The van der Waals surface area contributed by atoms with Crippen molar-refractivity contribution in [3.8, 4) is 0 Å². The molecule has 0 amide bonds. The molecule has 0 aliphatic rings. The fraction of sp³-hybridized carbons (Fsp3) is 0.571. The van der Waals surface area contributed by atoms with Gasteiger partial charge >= 0.3 is 0 Å². The Morgan fingerprint density at radius 3 is 2.60 bits per heavy atom. The van der Waals surface area contributed by atoms with E-state index in [9.17, 15) is 0 Å². The predicted octanol–water partition coefficient (Wildman–Crippen LogP) is 1.39. The molecule has 0 fully saturated rings. The first-order valence-electron chi connectivity index (χ1n) is 6.76. The smallest absolute Gasteiger partial charge is 0.174 e. The summed E-state index contributed by atoms with van der Waals surface area (Å²) in [5.74, 6) is 0.0552. The molecule has 0 unspecified atom stereocenters. The van der Waals surface area contributed by atoms with Gasteiger partial charge in [-0.1, -0.05) is 5.16 Å². The molecule has 6 nitrogen and oxygen atoms in total. The second-order valence-electron chi connectivity index (χ2n) is 5.09. The van der Waals surface area contributed by atoms with Crippen LogP contribution in [0.3, 0.4) is 0 Å². The largest absolute Gasteiger partial charge is 0.409 e. The average molecular weight is 280 g/mol. The van der Waals surface area contributed by atoms with Crippen LogP contribution in [0.4, 0.5) is 5.69 Å². The number of rotatable bonds is 6. The van der Waals surface area contributed by atoms with Crippen molar-refractivity contribution in [2.45, 2.75) is 40.2 Å². The molecule has 4 N–H and O–H groups in total. The Hall–Kier alpha value is -1.82. The van der Waals surface area contributed by atoms with E-state index in [4.69, 9.17) is 16.0 Å². The number of aromatic nitrogens is 1. The van der Waals surface area contributed by atoms with Crippen LogP contribution < -0.4 is 10.6 Å². The van der Waals surface area contributed by atoms with Crippen molar-refractivity contribution in [2.75, 3.05) is 18.1 Å². The van der Waals surface area contributed by atoms with E-state index < -0.39 is 0 Å². The standard InChI is InChI=1S/C14H24N4O2/c1-9(2)18(6-5-7-19)12-8-10(3)16-11(4)13(12)14(15)17-20/h8-9,19-20H,5-7H2,1-4H3,(H2,15,17). The van der Waals surface area contributed by atoms with Gasteiger partial charge in [0.1, 0.15) is 0 Å². The maximum absolute atomic E-state index is 9.05. The highest BCUT2D eigenvalue weighted by Crippen LogP contribution is 2.26. The van der Waals surface area contributed by atoms with E-state index in [-0.39, 0.29) is 18.5 Å². The summed E-state index contributed by atoms with van der Waals surface area (Å²) in [6.45, 7) is 8.72. The Morgan fingerprint density at radius 1 is 1.45 bits per heavy atom. The predicted molar refractivity (Wildman–Crippen MR) is 80.4 cm³/mol. The summed E-state index contributed by atoms with van der Waals surface area (Å²) in [6, 6.07) is 2.16. The summed E-state index contributed by atoms with van der Waals surface area (Å²) in [4.78, 5) is 6.51. The van der Waals surface area contributed by atoms with Crippen molar-refractivity contribution < 1.29 is 10.3 Å². The van der Waals surface area contributed by atoms with E-state index in [0.717, 1.165) is 17.1 Å². The number of hydrogen-bond donors (Lipinski definition) is 3. The lowest BCUT2D eigenvalue weighted by Crippen LogP contribution is -2.35. The fourth-order valence-electron chi connectivity index (χ4n) is 2.30. The summed E-state index contributed by atoms with van der Waals surface area (Å²) < 4.78 is 0. The summed E-state index contributed by atoms with van der Waals surface area (Å²) in [5.41, 5.74) is 8.93. The molecular formula is C14H24N4O2. The van der Waals surface area contributed by atoms with Crippen molar-refractivity contribution in [3.63, 3.8) is 0 Å². The lowest BCUT2D eigenvalue weighted by Gasteiger charge is -2.31. The molecule has 0 atom stereocenters. The number of aliphatic hydroxyl groups is 1. The summed E-state index contributed by atoms with van der Waals surface area (Å²) in [7, 11) is 0. The molecule has 0 bridgehead atoms. The molecule has 112 valence electrons. The second kappa shape index (κ2) is 7.09. The van der Waals surface area contributed by atoms with Gasteiger partial charge < -0.3 is 20.9 Å². The molecule has 0 aromatic carbocycles. The van der Waals surface area contributed by atoms with Crippen molar-refractivity contribution in [2.24, 2.45) is 10.9 Å². The molecule has 0 saturated carbocycles. The highest BCUT2D eigenvalue weighted by Gasteiger charge is 2.19. The van der Waals surface area contributed by atoms with Gasteiger partial charge in [-0.2, -0.15) is 0 Å². The van der Waals surface area contributed by atoms with Crippen LogP contribution in [0.5, 0.6) is 0 Å².